The summed E-state index contributed by atoms with van der Waals surface area (Å²) in [7, 11) is 3.01. The topological polar surface area (TPSA) is 38.8 Å². The lowest BCUT2D eigenvalue weighted by Crippen LogP contribution is -2.41. The molecule has 8 heteroatoms. The maximum absolute atomic E-state index is 15.1. The monoisotopic (exact) mass is 477 g/mol. The van der Waals surface area contributed by atoms with E-state index >= 15 is 4.39 Å². The quantitative estimate of drug-likeness (QED) is 0.457. The summed E-state index contributed by atoms with van der Waals surface area (Å²) >= 11 is 12.6. The largest absolute Gasteiger partial charge is 0.493 e. The van der Waals surface area contributed by atoms with E-state index in [4.69, 9.17) is 32.7 Å². The third-order valence-corrected chi connectivity index (χ3v) is 6.23. The van der Waals surface area contributed by atoms with Crippen molar-refractivity contribution in [2.24, 2.45) is 0 Å². The van der Waals surface area contributed by atoms with E-state index in [-0.39, 0.29) is 27.7 Å². The second-order valence-electron chi connectivity index (χ2n) is 7.29. The molecule has 1 aliphatic heterocycles. The fraction of sp³-hybridized carbons (Fsp3) is 0.208. The molecular weight excluding hydrogens is 459 g/mol. The summed E-state index contributed by atoms with van der Waals surface area (Å²) in [5.74, 6) is -1.05. The first kappa shape index (κ1) is 22.4. The van der Waals surface area contributed by atoms with Crippen LogP contribution in [0.3, 0.4) is 0 Å². The molecule has 0 saturated heterocycles. The van der Waals surface area contributed by atoms with Crippen molar-refractivity contribution in [1.29, 1.82) is 0 Å². The van der Waals surface area contributed by atoms with Crippen LogP contribution < -0.4 is 9.47 Å². The molecule has 1 amide bonds. The van der Waals surface area contributed by atoms with Crippen molar-refractivity contribution in [3.8, 4) is 11.5 Å². The van der Waals surface area contributed by atoms with Gasteiger partial charge in [0.05, 0.1) is 30.8 Å². The smallest absolute Gasteiger partial charge is 0.259 e. The van der Waals surface area contributed by atoms with Crippen LogP contribution in [0.1, 0.15) is 33.1 Å². The second-order valence-corrected chi connectivity index (χ2v) is 8.10. The highest BCUT2D eigenvalue weighted by atomic mass is 35.5. The molecule has 166 valence electrons. The van der Waals surface area contributed by atoms with Crippen LogP contribution in [0.2, 0.25) is 10.0 Å². The highest BCUT2D eigenvalue weighted by Crippen LogP contribution is 2.44. The number of ether oxygens (including phenoxy) is 2. The fourth-order valence-corrected chi connectivity index (χ4v) is 4.60. The summed E-state index contributed by atoms with van der Waals surface area (Å²) in [4.78, 5) is 14.9. The maximum atomic E-state index is 15.1. The van der Waals surface area contributed by atoms with Crippen molar-refractivity contribution < 1.29 is 23.0 Å². The van der Waals surface area contributed by atoms with E-state index in [0.717, 1.165) is 11.6 Å². The van der Waals surface area contributed by atoms with Crippen LogP contribution >= 0.6 is 23.2 Å². The number of fused-ring (bicyclic) bond motifs is 1. The SMILES string of the molecule is COc1cc2c(cc1OC)C(c1c(F)cccc1Cl)N(C(=O)c1c(F)cccc1Cl)CC2. The molecule has 3 aromatic carbocycles. The number of rotatable bonds is 4. The Kier molecular flexibility index (Phi) is 6.26. The van der Waals surface area contributed by atoms with Crippen LogP contribution in [0.4, 0.5) is 8.78 Å². The third kappa shape index (κ3) is 3.78. The minimum absolute atomic E-state index is 0.0218. The molecule has 0 fully saturated rings. The molecule has 0 aromatic heterocycles. The van der Waals surface area contributed by atoms with E-state index in [1.165, 1.54) is 43.4 Å². The van der Waals surface area contributed by atoms with Gasteiger partial charge in [0, 0.05) is 17.1 Å². The average molecular weight is 478 g/mol. The molecule has 1 atom stereocenters. The second kappa shape index (κ2) is 8.96. The van der Waals surface area contributed by atoms with Crippen molar-refractivity contribution in [1.82, 2.24) is 4.90 Å². The van der Waals surface area contributed by atoms with Gasteiger partial charge in [-0.1, -0.05) is 35.3 Å². The first-order valence-electron chi connectivity index (χ1n) is 9.81. The number of methoxy groups -OCH3 is 2. The van der Waals surface area contributed by atoms with E-state index in [0.29, 0.717) is 23.5 Å². The number of carbonyl (C=O) groups excluding carboxylic acids is 1. The Balaban J connectivity index is 1.95. The summed E-state index contributed by atoms with van der Waals surface area (Å²) in [5.41, 5.74) is 1.30. The molecule has 1 heterocycles. The summed E-state index contributed by atoms with van der Waals surface area (Å²) in [6, 6.07) is 10.9. The van der Waals surface area contributed by atoms with Gasteiger partial charge in [-0.2, -0.15) is 0 Å². The zero-order chi connectivity index (χ0) is 23.0. The number of nitrogens with zero attached hydrogens (tertiary/aromatic N) is 1. The Bertz CT molecular complexity index is 1160. The molecule has 4 nitrogen and oxygen atoms in total. The number of hydrogen-bond acceptors (Lipinski definition) is 3. The van der Waals surface area contributed by atoms with E-state index < -0.39 is 23.6 Å². The van der Waals surface area contributed by atoms with Gasteiger partial charge in [0.15, 0.2) is 11.5 Å². The summed E-state index contributed by atoms with van der Waals surface area (Å²) in [6.45, 7) is 0.196. The lowest BCUT2D eigenvalue weighted by Gasteiger charge is -2.38. The lowest BCUT2D eigenvalue weighted by molar-refractivity contribution is 0.0687. The van der Waals surface area contributed by atoms with Crippen LogP contribution in [0.15, 0.2) is 48.5 Å². The van der Waals surface area contributed by atoms with E-state index in [9.17, 15) is 9.18 Å². The normalized spacial score (nSPS) is 15.3. The number of hydrogen-bond donors (Lipinski definition) is 0. The minimum Gasteiger partial charge on any atom is -0.493 e. The van der Waals surface area contributed by atoms with Crippen molar-refractivity contribution >= 4 is 29.1 Å². The van der Waals surface area contributed by atoms with Gasteiger partial charge in [-0.05, 0) is 53.9 Å². The standard InChI is InChI=1S/C24H19Cl2F2NO3/c1-31-19-11-13-9-10-29(24(30)22-16(26)6-4-8-18(22)28)23(14(13)12-20(19)32-2)21-15(25)5-3-7-17(21)27/h3-8,11-12,23H,9-10H2,1-2H3. The molecule has 0 N–H and O–H groups in total. The Morgan fingerprint density at radius 2 is 1.59 bits per heavy atom. The molecule has 0 saturated carbocycles. The highest BCUT2D eigenvalue weighted by Gasteiger charge is 2.37. The van der Waals surface area contributed by atoms with Gasteiger partial charge in [-0.25, -0.2) is 8.78 Å². The van der Waals surface area contributed by atoms with E-state index in [2.05, 4.69) is 0 Å². The van der Waals surface area contributed by atoms with Crippen molar-refractivity contribution in [3.63, 3.8) is 0 Å². The van der Waals surface area contributed by atoms with Crippen molar-refractivity contribution in [3.05, 3.63) is 92.5 Å². The average Bonchev–Trinajstić information content (AvgIpc) is 2.77. The fourth-order valence-electron chi connectivity index (χ4n) is 4.09. The molecule has 4 rings (SSSR count). The summed E-state index contributed by atoms with van der Waals surface area (Å²) in [5, 5.41) is 0.126. The first-order chi connectivity index (χ1) is 15.4. The molecule has 0 aliphatic carbocycles. The van der Waals surface area contributed by atoms with E-state index in [1.54, 1.807) is 18.2 Å². The number of carbonyl (C=O) groups is 1. The molecule has 0 spiro atoms. The van der Waals surface area contributed by atoms with Crippen LogP contribution in [-0.2, 0) is 6.42 Å². The summed E-state index contributed by atoms with van der Waals surface area (Å²) in [6.07, 6.45) is 0.441. The predicted octanol–water partition coefficient (Wildman–Crippen LogP) is 6.08. The van der Waals surface area contributed by atoms with Gasteiger partial charge in [0.2, 0.25) is 0 Å². The van der Waals surface area contributed by atoms with Crippen LogP contribution in [-0.4, -0.2) is 31.6 Å². The molecule has 1 aliphatic rings. The summed E-state index contributed by atoms with van der Waals surface area (Å²) < 4.78 is 40.5. The Morgan fingerprint density at radius 1 is 0.969 bits per heavy atom. The zero-order valence-electron chi connectivity index (χ0n) is 17.3. The molecule has 32 heavy (non-hydrogen) atoms. The Labute approximate surface area is 194 Å². The molecule has 0 bridgehead atoms. The van der Waals surface area contributed by atoms with Gasteiger partial charge in [0.25, 0.3) is 5.91 Å². The lowest BCUT2D eigenvalue weighted by atomic mass is 9.86. The molecule has 0 radical (unpaired) electrons. The zero-order valence-corrected chi connectivity index (χ0v) is 18.8. The number of halogens is 4. The Hall–Kier alpha value is -2.83. The van der Waals surface area contributed by atoms with Crippen LogP contribution in [0, 0.1) is 11.6 Å². The third-order valence-electron chi connectivity index (χ3n) is 5.58. The number of benzene rings is 3. The van der Waals surface area contributed by atoms with Crippen molar-refractivity contribution in [2.45, 2.75) is 12.5 Å². The van der Waals surface area contributed by atoms with Crippen LogP contribution in [0.5, 0.6) is 11.5 Å². The first-order valence-corrected chi connectivity index (χ1v) is 10.6. The van der Waals surface area contributed by atoms with Gasteiger partial charge >= 0.3 is 0 Å². The van der Waals surface area contributed by atoms with Crippen LogP contribution in [0.25, 0.3) is 0 Å². The maximum Gasteiger partial charge on any atom is 0.259 e. The van der Waals surface area contributed by atoms with Gasteiger partial charge in [-0.15, -0.1) is 0 Å². The van der Waals surface area contributed by atoms with Gasteiger partial charge in [0.1, 0.15) is 11.6 Å². The van der Waals surface area contributed by atoms with Gasteiger partial charge < -0.3 is 14.4 Å². The van der Waals surface area contributed by atoms with E-state index in [1.807, 2.05) is 0 Å². The molecule has 3 aromatic rings. The number of amides is 1. The Morgan fingerprint density at radius 3 is 2.22 bits per heavy atom. The predicted molar refractivity (Wildman–Crippen MR) is 119 cm³/mol. The van der Waals surface area contributed by atoms with Gasteiger partial charge in [-0.3, -0.25) is 4.79 Å². The highest BCUT2D eigenvalue weighted by molar-refractivity contribution is 6.34. The van der Waals surface area contributed by atoms with Crippen molar-refractivity contribution in [2.75, 3.05) is 20.8 Å². The minimum atomic E-state index is -0.921. The molecule has 1 unspecified atom stereocenters. The molecular formula is C24H19Cl2F2NO3.